The fourth-order valence-corrected chi connectivity index (χ4v) is 2.12. The zero-order valence-corrected chi connectivity index (χ0v) is 12.0. The first-order chi connectivity index (χ1) is 9.63. The molecule has 20 heavy (non-hydrogen) atoms. The summed E-state index contributed by atoms with van der Waals surface area (Å²) in [5, 5.41) is 8.71. The summed E-state index contributed by atoms with van der Waals surface area (Å²) in [6.45, 7) is 5.04. The highest BCUT2D eigenvalue weighted by Gasteiger charge is 2.15. The van der Waals surface area contributed by atoms with Gasteiger partial charge in [0.15, 0.2) is 0 Å². The molecule has 0 atom stereocenters. The molecular weight excluding hydrogens is 264 g/mol. The Bertz CT molecular complexity index is 305. The number of carbonyl (C=O) groups excluding carboxylic acids is 1. The van der Waals surface area contributed by atoms with Crippen molar-refractivity contribution < 1.29 is 24.2 Å². The third-order valence-electron chi connectivity index (χ3n) is 3.22. The van der Waals surface area contributed by atoms with Gasteiger partial charge in [-0.25, -0.2) is 0 Å². The molecule has 1 fully saturated rings. The van der Waals surface area contributed by atoms with E-state index in [-0.39, 0.29) is 25.5 Å². The predicted octanol–water partition coefficient (Wildman–Crippen LogP) is -0.342. The molecule has 1 aliphatic heterocycles. The summed E-state index contributed by atoms with van der Waals surface area (Å²) in [5.74, 6) is -1.05. The molecule has 1 aliphatic rings. The van der Waals surface area contributed by atoms with Gasteiger partial charge in [0.2, 0.25) is 5.91 Å². The van der Waals surface area contributed by atoms with Gasteiger partial charge in [0.1, 0.15) is 6.61 Å². The summed E-state index contributed by atoms with van der Waals surface area (Å²) in [5.41, 5.74) is 0. The molecular formula is C13H24N2O5. The summed E-state index contributed by atoms with van der Waals surface area (Å²) in [4.78, 5) is 26.3. The highest BCUT2D eigenvalue weighted by molar-refractivity contribution is 5.78. The Morgan fingerprint density at radius 3 is 2.60 bits per heavy atom. The number of ether oxygens (including phenoxy) is 2. The van der Waals surface area contributed by atoms with Gasteiger partial charge in [-0.2, -0.15) is 0 Å². The van der Waals surface area contributed by atoms with E-state index in [1.165, 1.54) is 7.11 Å². The van der Waals surface area contributed by atoms with Crippen molar-refractivity contribution in [3.05, 3.63) is 0 Å². The molecule has 1 rings (SSSR count). The molecule has 0 aromatic carbocycles. The quantitative estimate of drug-likeness (QED) is 0.625. The van der Waals surface area contributed by atoms with Crippen LogP contribution in [0.3, 0.4) is 0 Å². The molecule has 0 aromatic rings. The number of hydrogen-bond donors (Lipinski definition) is 1. The fourth-order valence-electron chi connectivity index (χ4n) is 2.12. The summed E-state index contributed by atoms with van der Waals surface area (Å²) in [7, 11) is 1.46. The van der Waals surface area contributed by atoms with Gasteiger partial charge in [-0.05, 0) is 6.42 Å². The molecule has 0 bridgehead atoms. The van der Waals surface area contributed by atoms with Crippen LogP contribution in [0.2, 0.25) is 0 Å². The lowest BCUT2D eigenvalue weighted by Crippen LogP contribution is -2.40. The Balaban J connectivity index is 2.30. The minimum Gasteiger partial charge on any atom is -0.481 e. The standard InChI is InChI=1S/C13H24N2O5/c1-19-11-12(16)15(6-3-13(17)18)5-2-4-14-7-9-20-10-8-14/h2-11H2,1H3,(H,17,18). The van der Waals surface area contributed by atoms with E-state index in [1.54, 1.807) is 4.90 Å². The van der Waals surface area contributed by atoms with Crippen LogP contribution in [0.15, 0.2) is 0 Å². The number of carboxylic acids is 1. The topological polar surface area (TPSA) is 79.3 Å². The monoisotopic (exact) mass is 288 g/mol. The number of nitrogens with zero attached hydrogens (tertiary/aromatic N) is 2. The number of methoxy groups -OCH3 is 1. The van der Waals surface area contributed by atoms with Gasteiger partial charge in [-0.15, -0.1) is 0 Å². The van der Waals surface area contributed by atoms with Crippen LogP contribution in [0, 0.1) is 0 Å². The molecule has 7 nitrogen and oxygen atoms in total. The Kier molecular flexibility index (Phi) is 8.17. The Morgan fingerprint density at radius 2 is 2.00 bits per heavy atom. The van der Waals surface area contributed by atoms with Crippen molar-refractivity contribution >= 4 is 11.9 Å². The maximum atomic E-state index is 11.8. The second kappa shape index (κ2) is 9.68. The van der Waals surface area contributed by atoms with Gasteiger partial charge in [0.05, 0.1) is 19.6 Å². The van der Waals surface area contributed by atoms with Crippen LogP contribution in [0.25, 0.3) is 0 Å². The normalized spacial score (nSPS) is 16.1. The molecule has 0 saturated carbocycles. The number of hydrogen-bond acceptors (Lipinski definition) is 5. The molecule has 116 valence electrons. The highest BCUT2D eigenvalue weighted by Crippen LogP contribution is 2.01. The summed E-state index contributed by atoms with van der Waals surface area (Å²) in [6.07, 6.45) is 0.794. The van der Waals surface area contributed by atoms with Crippen molar-refractivity contribution in [2.75, 3.05) is 59.7 Å². The average molecular weight is 288 g/mol. The van der Waals surface area contributed by atoms with Crippen LogP contribution in [0.5, 0.6) is 0 Å². The first-order valence-electron chi connectivity index (χ1n) is 6.92. The Labute approximate surface area is 119 Å². The number of amides is 1. The largest absolute Gasteiger partial charge is 0.481 e. The lowest BCUT2D eigenvalue weighted by molar-refractivity contribution is -0.139. The average Bonchev–Trinajstić information content (AvgIpc) is 2.43. The van der Waals surface area contributed by atoms with Crippen molar-refractivity contribution in [2.24, 2.45) is 0 Å². The molecule has 1 saturated heterocycles. The molecule has 0 aromatic heterocycles. The number of rotatable bonds is 9. The number of carbonyl (C=O) groups is 2. The van der Waals surface area contributed by atoms with Crippen molar-refractivity contribution in [1.82, 2.24) is 9.80 Å². The summed E-state index contributed by atoms with van der Waals surface area (Å²) < 4.78 is 10.1. The van der Waals surface area contributed by atoms with E-state index >= 15 is 0 Å². The van der Waals surface area contributed by atoms with E-state index in [0.29, 0.717) is 6.54 Å². The van der Waals surface area contributed by atoms with Crippen LogP contribution in [-0.4, -0.2) is 86.4 Å². The van der Waals surface area contributed by atoms with Gasteiger partial charge in [-0.3, -0.25) is 14.5 Å². The number of morpholine rings is 1. The van der Waals surface area contributed by atoms with Crippen LogP contribution < -0.4 is 0 Å². The molecule has 1 N–H and O–H groups in total. The molecule has 0 spiro atoms. The molecule has 0 unspecified atom stereocenters. The van der Waals surface area contributed by atoms with Crippen LogP contribution in [-0.2, 0) is 19.1 Å². The van der Waals surface area contributed by atoms with Crippen molar-refractivity contribution in [3.63, 3.8) is 0 Å². The molecule has 0 aliphatic carbocycles. The zero-order valence-electron chi connectivity index (χ0n) is 12.0. The maximum absolute atomic E-state index is 11.8. The minimum atomic E-state index is -0.895. The molecule has 0 radical (unpaired) electrons. The predicted molar refractivity (Wildman–Crippen MR) is 72.6 cm³/mol. The Morgan fingerprint density at radius 1 is 1.30 bits per heavy atom. The first-order valence-corrected chi connectivity index (χ1v) is 6.92. The van der Waals surface area contributed by atoms with Gasteiger partial charge in [0, 0.05) is 39.8 Å². The van der Waals surface area contributed by atoms with Gasteiger partial charge < -0.3 is 19.5 Å². The van der Waals surface area contributed by atoms with Crippen molar-refractivity contribution in [3.8, 4) is 0 Å². The van der Waals surface area contributed by atoms with E-state index in [2.05, 4.69) is 4.90 Å². The second-order valence-electron chi connectivity index (χ2n) is 4.77. The molecule has 1 amide bonds. The Hall–Kier alpha value is -1.18. The third kappa shape index (κ3) is 6.83. The highest BCUT2D eigenvalue weighted by atomic mass is 16.5. The van der Waals surface area contributed by atoms with Crippen LogP contribution in [0.4, 0.5) is 0 Å². The maximum Gasteiger partial charge on any atom is 0.305 e. The lowest BCUT2D eigenvalue weighted by atomic mass is 10.3. The first kappa shape index (κ1) is 16.9. The lowest BCUT2D eigenvalue weighted by Gasteiger charge is -2.28. The van der Waals surface area contributed by atoms with Crippen molar-refractivity contribution in [2.45, 2.75) is 12.8 Å². The van der Waals surface area contributed by atoms with E-state index in [4.69, 9.17) is 14.6 Å². The van der Waals surface area contributed by atoms with Crippen LogP contribution >= 0.6 is 0 Å². The summed E-state index contributed by atoms with van der Waals surface area (Å²) in [6, 6.07) is 0. The van der Waals surface area contributed by atoms with E-state index in [9.17, 15) is 9.59 Å². The summed E-state index contributed by atoms with van der Waals surface area (Å²) >= 11 is 0. The smallest absolute Gasteiger partial charge is 0.305 e. The van der Waals surface area contributed by atoms with Crippen LogP contribution in [0.1, 0.15) is 12.8 Å². The number of aliphatic carboxylic acids is 1. The van der Waals surface area contributed by atoms with E-state index in [1.807, 2.05) is 0 Å². The zero-order chi connectivity index (χ0) is 14.8. The fraction of sp³-hybridized carbons (Fsp3) is 0.846. The van der Waals surface area contributed by atoms with Gasteiger partial charge in [-0.1, -0.05) is 0 Å². The van der Waals surface area contributed by atoms with E-state index in [0.717, 1.165) is 39.3 Å². The van der Waals surface area contributed by atoms with Gasteiger partial charge in [0.25, 0.3) is 0 Å². The van der Waals surface area contributed by atoms with E-state index < -0.39 is 5.97 Å². The number of carboxylic acid groups (broad SMARTS) is 1. The molecule has 1 heterocycles. The minimum absolute atomic E-state index is 0.00280. The van der Waals surface area contributed by atoms with Gasteiger partial charge >= 0.3 is 5.97 Å². The third-order valence-corrected chi connectivity index (χ3v) is 3.22. The SMILES string of the molecule is COCC(=O)N(CCCN1CCOCC1)CCC(=O)O. The molecule has 7 heteroatoms. The second-order valence-corrected chi connectivity index (χ2v) is 4.77. The van der Waals surface area contributed by atoms with Crippen molar-refractivity contribution in [1.29, 1.82) is 0 Å².